The van der Waals surface area contributed by atoms with Crippen LogP contribution in [0.5, 0.6) is 0 Å². The van der Waals surface area contributed by atoms with E-state index in [1.165, 1.54) is 0 Å². The third-order valence-corrected chi connectivity index (χ3v) is 4.75. The molecule has 0 unspecified atom stereocenters. The number of nitrogens with one attached hydrogen (secondary N) is 1. The molecule has 0 spiro atoms. The normalized spacial score (nSPS) is 17.8. The molecule has 0 bridgehead atoms. The van der Waals surface area contributed by atoms with Gasteiger partial charge in [-0.05, 0) is 30.0 Å². The highest BCUT2D eigenvalue weighted by Crippen LogP contribution is 2.32. The molecule has 0 aliphatic carbocycles. The van der Waals surface area contributed by atoms with Gasteiger partial charge in [-0.15, -0.1) is 0 Å². The average Bonchev–Trinajstić information content (AvgIpc) is 2.64. The maximum Gasteiger partial charge on any atom is 0.243 e. The molecule has 0 saturated heterocycles. The van der Waals surface area contributed by atoms with E-state index in [4.69, 9.17) is 0 Å². The maximum absolute atomic E-state index is 12.8. The Kier molecular flexibility index (Phi) is 5.17. The summed E-state index contributed by atoms with van der Waals surface area (Å²) in [4.78, 5) is 27.3. The summed E-state index contributed by atoms with van der Waals surface area (Å²) in [7, 11) is 0. The Morgan fingerprint density at radius 3 is 2.56 bits per heavy atom. The van der Waals surface area contributed by atoms with Crippen molar-refractivity contribution in [3.63, 3.8) is 0 Å². The van der Waals surface area contributed by atoms with Crippen molar-refractivity contribution >= 4 is 17.5 Å². The SMILES string of the molecule is CC[C@@H](C(=O)NCc1ccccc1)N1C(=O)[C@@H](C)Cc2ccccc21. The molecule has 1 aliphatic rings. The predicted octanol–water partition coefficient (Wildman–Crippen LogP) is 3.31. The molecule has 2 atom stereocenters. The smallest absolute Gasteiger partial charge is 0.243 e. The van der Waals surface area contributed by atoms with E-state index in [0.717, 1.165) is 23.2 Å². The zero-order valence-electron chi connectivity index (χ0n) is 14.7. The van der Waals surface area contributed by atoms with Gasteiger partial charge < -0.3 is 5.32 Å². The van der Waals surface area contributed by atoms with Gasteiger partial charge >= 0.3 is 0 Å². The summed E-state index contributed by atoms with van der Waals surface area (Å²) >= 11 is 0. The van der Waals surface area contributed by atoms with Gasteiger partial charge in [-0.3, -0.25) is 14.5 Å². The van der Waals surface area contributed by atoms with Crippen LogP contribution < -0.4 is 10.2 Å². The summed E-state index contributed by atoms with van der Waals surface area (Å²) in [6, 6.07) is 17.2. The molecule has 3 rings (SSSR count). The van der Waals surface area contributed by atoms with Gasteiger partial charge in [0.1, 0.15) is 6.04 Å². The Balaban J connectivity index is 1.81. The fourth-order valence-electron chi connectivity index (χ4n) is 3.40. The number of anilines is 1. The van der Waals surface area contributed by atoms with E-state index in [0.29, 0.717) is 13.0 Å². The molecule has 130 valence electrons. The Morgan fingerprint density at radius 2 is 1.84 bits per heavy atom. The molecule has 4 nitrogen and oxygen atoms in total. The minimum atomic E-state index is -0.486. The topological polar surface area (TPSA) is 49.4 Å². The van der Waals surface area contributed by atoms with Gasteiger partial charge in [0, 0.05) is 18.2 Å². The number of hydrogen-bond acceptors (Lipinski definition) is 2. The van der Waals surface area contributed by atoms with Gasteiger partial charge in [-0.1, -0.05) is 62.4 Å². The first-order valence-corrected chi connectivity index (χ1v) is 8.84. The molecule has 0 fully saturated rings. The van der Waals surface area contributed by atoms with Crippen molar-refractivity contribution in [2.75, 3.05) is 4.90 Å². The van der Waals surface area contributed by atoms with E-state index < -0.39 is 6.04 Å². The second kappa shape index (κ2) is 7.51. The molecule has 0 radical (unpaired) electrons. The number of carbonyl (C=O) groups excluding carboxylic acids is 2. The van der Waals surface area contributed by atoms with Crippen LogP contribution in [0.2, 0.25) is 0 Å². The van der Waals surface area contributed by atoms with E-state index >= 15 is 0 Å². The monoisotopic (exact) mass is 336 g/mol. The molecular weight excluding hydrogens is 312 g/mol. The van der Waals surface area contributed by atoms with Crippen LogP contribution in [0.4, 0.5) is 5.69 Å². The highest BCUT2D eigenvalue weighted by atomic mass is 16.2. The number of fused-ring (bicyclic) bond motifs is 1. The van der Waals surface area contributed by atoms with Crippen molar-refractivity contribution in [3.05, 3.63) is 65.7 Å². The predicted molar refractivity (Wildman–Crippen MR) is 99.2 cm³/mol. The molecule has 0 aromatic heterocycles. The van der Waals surface area contributed by atoms with Gasteiger partial charge in [0.15, 0.2) is 0 Å². The Labute approximate surface area is 148 Å². The van der Waals surface area contributed by atoms with Crippen molar-refractivity contribution in [1.82, 2.24) is 5.32 Å². The van der Waals surface area contributed by atoms with E-state index in [1.807, 2.05) is 68.4 Å². The zero-order valence-corrected chi connectivity index (χ0v) is 14.7. The molecule has 2 amide bonds. The van der Waals surface area contributed by atoms with Crippen LogP contribution in [0.25, 0.3) is 0 Å². The molecule has 1 N–H and O–H groups in total. The van der Waals surface area contributed by atoms with Gasteiger partial charge in [-0.2, -0.15) is 0 Å². The molecule has 4 heteroatoms. The highest BCUT2D eigenvalue weighted by Gasteiger charge is 2.36. The lowest BCUT2D eigenvalue weighted by Gasteiger charge is -2.37. The first-order chi connectivity index (χ1) is 12.1. The number of amides is 2. The van der Waals surface area contributed by atoms with Crippen molar-refractivity contribution < 1.29 is 9.59 Å². The second-order valence-corrected chi connectivity index (χ2v) is 6.57. The standard InChI is InChI=1S/C21H24N2O2/c1-3-18(20(24)22-14-16-9-5-4-6-10-16)23-19-12-8-7-11-17(19)13-15(2)21(23)25/h4-12,15,18H,3,13-14H2,1-2H3,(H,22,24)/t15-,18-/m0/s1. The van der Waals surface area contributed by atoms with Crippen molar-refractivity contribution in [1.29, 1.82) is 0 Å². The quantitative estimate of drug-likeness (QED) is 0.911. The molecule has 2 aromatic rings. The molecule has 25 heavy (non-hydrogen) atoms. The van der Waals surface area contributed by atoms with Crippen LogP contribution in [-0.4, -0.2) is 17.9 Å². The fraction of sp³-hybridized carbons (Fsp3) is 0.333. The number of rotatable bonds is 5. The number of hydrogen-bond donors (Lipinski definition) is 1. The number of carbonyl (C=O) groups is 2. The van der Waals surface area contributed by atoms with Gasteiger partial charge in [0.2, 0.25) is 11.8 Å². The molecular formula is C21H24N2O2. The van der Waals surface area contributed by atoms with Gasteiger partial charge in [0.05, 0.1) is 0 Å². The van der Waals surface area contributed by atoms with Crippen molar-refractivity contribution in [3.8, 4) is 0 Å². The van der Waals surface area contributed by atoms with E-state index in [9.17, 15) is 9.59 Å². The fourth-order valence-corrected chi connectivity index (χ4v) is 3.40. The van der Waals surface area contributed by atoms with Crippen LogP contribution in [0.1, 0.15) is 31.4 Å². The summed E-state index contributed by atoms with van der Waals surface area (Å²) in [6.45, 7) is 4.34. The largest absolute Gasteiger partial charge is 0.350 e. The lowest BCUT2D eigenvalue weighted by molar-refractivity contribution is -0.128. The molecule has 2 aromatic carbocycles. The van der Waals surface area contributed by atoms with Crippen LogP contribution in [0.3, 0.4) is 0 Å². The second-order valence-electron chi connectivity index (χ2n) is 6.57. The summed E-state index contributed by atoms with van der Waals surface area (Å²) < 4.78 is 0. The van der Waals surface area contributed by atoms with E-state index in [1.54, 1.807) is 4.90 Å². The van der Waals surface area contributed by atoms with E-state index in [2.05, 4.69) is 5.32 Å². The van der Waals surface area contributed by atoms with Crippen LogP contribution >= 0.6 is 0 Å². The molecule has 0 saturated carbocycles. The van der Waals surface area contributed by atoms with Crippen molar-refractivity contribution in [2.24, 2.45) is 5.92 Å². The summed E-state index contributed by atoms with van der Waals surface area (Å²) in [5.74, 6) is -0.185. The van der Waals surface area contributed by atoms with Crippen LogP contribution in [0, 0.1) is 5.92 Å². The first kappa shape index (κ1) is 17.2. The van der Waals surface area contributed by atoms with Crippen molar-refractivity contribution in [2.45, 2.75) is 39.3 Å². The summed E-state index contributed by atoms with van der Waals surface area (Å²) in [5.41, 5.74) is 3.04. The minimum Gasteiger partial charge on any atom is -0.350 e. The van der Waals surface area contributed by atoms with Gasteiger partial charge in [-0.25, -0.2) is 0 Å². The molecule has 1 aliphatic heterocycles. The Morgan fingerprint density at radius 1 is 1.16 bits per heavy atom. The third kappa shape index (κ3) is 3.58. The number of nitrogens with zero attached hydrogens (tertiary/aromatic N) is 1. The lowest BCUT2D eigenvalue weighted by atomic mass is 9.91. The van der Waals surface area contributed by atoms with Crippen LogP contribution in [-0.2, 0) is 22.6 Å². The van der Waals surface area contributed by atoms with Crippen LogP contribution in [0.15, 0.2) is 54.6 Å². The molecule has 1 heterocycles. The highest BCUT2D eigenvalue weighted by molar-refractivity contribution is 6.03. The maximum atomic E-state index is 12.8. The average molecular weight is 336 g/mol. The Bertz CT molecular complexity index is 758. The first-order valence-electron chi connectivity index (χ1n) is 8.84. The number of para-hydroxylation sites is 1. The van der Waals surface area contributed by atoms with Gasteiger partial charge in [0.25, 0.3) is 0 Å². The summed E-state index contributed by atoms with van der Waals surface area (Å²) in [6.07, 6.45) is 1.31. The zero-order chi connectivity index (χ0) is 17.8. The number of benzene rings is 2. The Hall–Kier alpha value is -2.62. The minimum absolute atomic E-state index is 0.0282. The van der Waals surface area contributed by atoms with E-state index in [-0.39, 0.29) is 17.7 Å². The lowest BCUT2D eigenvalue weighted by Crippen LogP contribution is -2.53. The summed E-state index contributed by atoms with van der Waals surface area (Å²) in [5, 5.41) is 2.98. The third-order valence-electron chi connectivity index (χ3n) is 4.75.